The van der Waals surface area contributed by atoms with Crippen LogP contribution >= 0.6 is 11.6 Å². The molecule has 21 heavy (non-hydrogen) atoms. The topological polar surface area (TPSA) is 58.2 Å². The number of halogens is 1. The summed E-state index contributed by atoms with van der Waals surface area (Å²) in [4.78, 5) is 0.260. The van der Waals surface area contributed by atoms with Crippen molar-refractivity contribution in [2.75, 3.05) is 6.54 Å². The van der Waals surface area contributed by atoms with Crippen LogP contribution in [0.5, 0.6) is 0 Å². The molecule has 0 aliphatic heterocycles. The zero-order chi connectivity index (χ0) is 16.0. The van der Waals surface area contributed by atoms with Gasteiger partial charge in [-0.1, -0.05) is 45.7 Å². The predicted octanol–water partition coefficient (Wildman–Crippen LogP) is 3.16. The molecule has 0 aliphatic rings. The summed E-state index contributed by atoms with van der Waals surface area (Å²) < 4.78 is 27.2. The molecule has 0 heterocycles. The first-order valence-corrected chi connectivity index (χ1v) is 9.13. The smallest absolute Gasteiger partial charge is 0.240 e. The van der Waals surface area contributed by atoms with Gasteiger partial charge in [-0.3, -0.25) is 0 Å². The fourth-order valence-corrected chi connectivity index (χ4v) is 3.05. The zero-order valence-electron chi connectivity index (χ0n) is 13.1. The van der Waals surface area contributed by atoms with Crippen LogP contribution in [0.15, 0.2) is 23.1 Å². The molecule has 1 atom stereocenters. The van der Waals surface area contributed by atoms with Gasteiger partial charge < -0.3 is 5.32 Å². The van der Waals surface area contributed by atoms with E-state index in [0.29, 0.717) is 30.1 Å². The predicted molar refractivity (Wildman–Crippen MR) is 88.1 cm³/mol. The Labute approximate surface area is 133 Å². The van der Waals surface area contributed by atoms with Crippen LogP contribution in [0, 0.1) is 5.92 Å². The third kappa shape index (κ3) is 5.94. The van der Waals surface area contributed by atoms with Crippen molar-refractivity contribution in [3.63, 3.8) is 0 Å². The minimum Gasteiger partial charge on any atom is -0.310 e. The molecule has 120 valence electrons. The lowest BCUT2D eigenvalue weighted by atomic mass is 10.1. The number of rotatable bonds is 8. The molecule has 0 bridgehead atoms. The van der Waals surface area contributed by atoms with Crippen molar-refractivity contribution in [1.29, 1.82) is 0 Å². The molecule has 1 unspecified atom stereocenters. The van der Waals surface area contributed by atoms with Gasteiger partial charge in [0.2, 0.25) is 10.0 Å². The first-order valence-electron chi connectivity index (χ1n) is 7.27. The van der Waals surface area contributed by atoms with Gasteiger partial charge >= 0.3 is 0 Å². The number of nitrogens with one attached hydrogen (secondary N) is 2. The van der Waals surface area contributed by atoms with Crippen molar-refractivity contribution >= 4 is 21.6 Å². The summed E-state index contributed by atoms with van der Waals surface area (Å²) in [5, 5.41) is 3.81. The zero-order valence-corrected chi connectivity index (χ0v) is 14.7. The summed E-state index contributed by atoms with van der Waals surface area (Å²) in [6.07, 6.45) is 0.937. The van der Waals surface area contributed by atoms with Gasteiger partial charge in [-0.2, -0.15) is 0 Å². The van der Waals surface area contributed by atoms with Gasteiger partial charge in [0.15, 0.2) is 0 Å². The SMILES string of the molecule is CCC(C)CNS(=O)(=O)c1ccc(Cl)c(CNC(C)C)c1. The third-order valence-corrected chi connectivity index (χ3v) is 5.14. The van der Waals surface area contributed by atoms with Crippen LogP contribution in [0.25, 0.3) is 0 Å². The van der Waals surface area contributed by atoms with Crippen LogP contribution in [0.1, 0.15) is 39.7 Å². The number of hydrogen-bond donors (Lipinski definition) is 2. The molecule has 1 rings (SSSR count). The van der Waals surface area contributed by atoms with E-state index < -0.39 is 10.0 Å². The molecule has 0 saturated carbocycles. The first-order chi connectivity index (χ1) is 9.76. The van der Waals surface area contributed by atoms with Crippen LogP contribution in [0.2, 0.25) is 5.02 Å². The Morgan fingerprint density at radius 1 is 1.24 bits per heavy atom. The Kier molecular flexibility index (Phi) is 7.13. The summed E-state index contributed by atoms with van der Waals surface area (Å²) in [6.45, 7) is 9.11. The Morgan fingerprint density at radius 2 is 1.90 bits per heavy atom. The highest BCUT2D eigenvalue weighted by molar-refractivity contribution is 7.89. The molecule has 0 saturated heterocycles. The molecule has 0 aliphatic carbocycles. The molecule has 1 aromatic carbocycles. The monoisotopic (exact) mass is 332 g/mol. The summed E-state index contributed by atoms with van der Waals surface area (Å²) in [7, 11) is -3.48. The second-order valence-corrected chi connectivity index (χ2v) is 7.83. The largest absolute Gasteiger partial charge is 0.310 e. The molecule has 2 N–H and O–H groups in total. The number of hydrogen-bond acceptors (Lipinski definition) is 3. The van der Waals surface area contributed by atoms with E-state index in [0.717, 1.165) is 12.0 Å². The average Bonchev–Trinajstić information content (AvgIpc) is 2.43. The highest BCUT2D eigenvalue weighted by Gasteiger charge is 2.16. The Bertz CT molecular complexity index is 559. The van der Waals surface area contributed by atoms with E-state index in [4.69, 9.17) is 11.6 Å². The van der Waals surface area contributed by atoms with Crippen LogP contribution < -0.4 is 10.0 Å². The summed E-state index contributed by atoms with van der Waals surface area (Å²) in [5.41, 5.74) is 0.789. The molecular formula is C15H25ClN2O2S. The summed E-state index contributed by atoms with van der Waals surface area (Å²) >= 11 is 6.12. The minimum absolute atomic E-state index is 0.260. The van der Waals surface area contributed by atoms with Gasteiger partial charge in [0.25, 0.3) is 0 Å². The van der Waals surface area contributed by atoms with Gasteiger partial charge in [0, 0.05) is 24.2 Å². The standard InChI is InChI=1S/C15H25ClN2O2S/c1-5-12(4)9-18-21(19,20)14-6-7-15(16)13(8-14)10-17-11(2)3/h6-8,11-12,17-18H,5,9-10H2,1-4H3. The summed E-state index contributed by atoms with van der Waals surface area (Å²) in [5.74, 6) is 0.314. The lowest BCUT2D eigenvalue weighted by molar-refractivity contribution is 0.528. The fraction of sp³-hybridized carbons (Fsp3) is 0.600. The molecule has 6 heteroatoms. The molecule has 0 aromatic heterocycles. The van der Waals surface area contributed by atoms with Crippen molar-refractivity contribution in [2.45, 2.75) is 51.6 Å². The maximum atomic E-state index is 12.3. The molecule has 0 fully saturated rings. The van der Waals surface area contributed by atoms with Gasteiger partial charge in [-0.15, -0.1) is 0 Å². The van der Waals surface area contributed by atoms with E-state index >= 15 is 0 Å². The number of benzene rings is 1. The highest BCUT2D eigenvalue weighted by Crippen LogP contribution is 2.20. The van der Waals surface area contributed by atoms with E-state index in [-0.39, 0.29) is 4.90 Å². The van der Waals surface area contributed by atoms with Crippen LogP contribution in [-0.4, -0.2) is 21.0 Å². The lowest BCUT2D eigenvalue weighted by Gasteiger charge is -2.13. The van der Waals surface area contributed by atoms with Crippen molar-refractivity contribution in [3.8, 4) is 0 Å². The third-order valence-electron chi connectivity index (χ3n) is 3.35. The van der Waals surface area contributed by atoms with Crippen molar-refractivity contribution in [1.82, 2.24) is 10.0 Å². The second kappa shape index (κ2) is 8.13. The molecule has 1 aromatic rings. The first kappa shape index (κ1) is 18.4. The molecular weight excluding hydrogens is 308 g/mol. The van der Waals surface area contributed by atoms with Gasteiger partial charge in [-0.05, 0) is 29.7 Å². The van der Waals surface area contributed by atoms with Gasteiger partial charge in [0.05, 0.1) is 4.90 Å². The average molecular weight is 333 g/mol. The number of sulfonamides is 1. The minimum atomic E-state index is -3.48. The van der Waals surface area contributed by atoms with E-state index in [2.05, 4.69) is 10.0 Å². The maximum Gasteiger partial charge on any atom is 0.240 e. The maximum absolute atomic E-state index is 12.3. The molecule has 0 spiro atoms. The molecule has 0 amide bonds. The fourth-order valence-electron chi connectivity index (χ4n) is 1.65. The second-order valence-electron chi connectivity index (χ2n) is 5.65. The van der Waals surface area contributed by atoms with E-state index in [9.17, 15) is 8.42 Å². The van der Waals surface area contributed by atoms with Gasteiger partial charge in [0.1, 0.15) is 0 Å². The summed E-state index contributed by atoms with van der Waals surface area (Å²) in [6, 6.07) is 5.12. The van der Waals surface area contributed by atoms with Crippen LogP contribution in [0.4, 0.5) is 0 Å². The quantitative estimate of drug-likeness (QED) is 0.768. The molecule has 4 nitrogen and oxygen atoms in total. The van der Waals surface area contributed by atoms with Crippen LogP contribution in [-0.2, 0) is 16.6 Å². The van der Waals surface area contributed by atoms with Crippen molar-refractivity contribution < 1.29 is 8.42 Å². The molecule has 0 radical (unpaired) electrons. The highest BCUT2D eigenvalue weighted by atomic mass is 35.5. The van der Waals surface area contributed by atoms with E-state index in [1.165, 1.54) is 0 Å². The van der Waals surface area contributed by atoms with E-state index in [1.54, 1.807) is 18.2 Å². The Morgan fingerprint density at radius 3 is 2.48 bits per heavy atom. The van der Waals surface area contributed by atoms with Crippen molar-refractivity contribution in [2.24, 2.45) is 5.92 Å². The normalized spacial score (nSPS) is 13.6. The lowest BCUT2D eigenvalue weighted by Crippen LogP contribution is -2.28. The van der Waals surface area contributed by atoms with Crippen molar-refractivity contribution in [3.05, 3.63) is 28.8 Å². The Balaban J connectivity index is 2.89. The van der Waals surface area contributed by atoms with Gasteiger partial charge in [-0.25, -0.2) is 13.1 Å². The van der Waals surface area contributed by atoms with Crippen LogP contribution in [0.3, 0.4) is 0 Å². The van der Waals surface area contributed by atoms with E-state index in [1.807, 2.05) is 27.7 Å². The Hall–Kier alpha value is -0.620.